The highest BCUT2D eigenvalue weighted by Crippen LogP contribution is 2.39. The van der Waals surface area contributed by atoms with E-state index in [0.717, 1.165) is 18.7 Å². The number of hydrogen-bond donors (Lipinski definition) is 0. The van der Waals surface area contributed by atoms with Gasteiger partial charge < -0.3 is 9.64 Å². The number of hydrogen-bond acceptors (Lipinski definition) is 6. The second-order valence-electron chi connectivity index (χ2n) is 5.53. The van der Waals surface area contributed by atoms with Crippen LogP contribution in [0.2, 0.25) is 0 Å². The Kier molecular flexibility index (Phi) is 3.26. The first kappa shape index (κ1) is 14.4. The van der Waals surface area contributed by atoms with Crippen molar-refractivity contribution in [3.05, 3.63) is 58.4 Å². The predicted octanol–water partition coefficient (Wildman–Crippen LogP) is 3.24. The highest BCUT2D eigenvalue weighted by Gasteiger charge is 2.25. The number of methoxy groups -OCH3 is 1. The van der Waals surface area contributed by atoms with Crippen LogP contribution in [0.3, 0.4) is 0 Å². The molecule has 7 heteroatoms. The maximum atomic E-state index is 11.3. The second-order valence-corrected chi connectivity index (χ2v) is 5.53. The third kappa shape index (κ3) is 2.13. The molecular weight excluding hydrogens is 308 g/mol. The van der Waals surface area contributed by atoms with Gasteiger partial charge in [0.25, 0.3) is 0 Å². The summed E-state index contributed by atoms with van der Waals surface area (Å²) in [6, 6.07) is 11.2. The van der Waals surface area contributed by atoms with Crippen LogP contribution in [0.25, 0.3) is 10.9 Å². The molecule has 1 aliphatic rings. The molecule has 0 spiro atoms. The summed E-state index contributed by atoms with van der Waals surface area (Å²) >= 11 is 0. The molecular formula is C17H14N4O3. The molecule has 0 amide bonds. The molecule has 1 aliphatic heterocycles. The number of anilines is 2. The van der Waals surface area contributed by atoms with Crippen LogP contribution >= 0.6 is 0 Å². The van der Waals surface area contributed by atoms with E-state index in [1.165, 1.54) is 25.1 Å². The van der Waals surface area contributed by atoms with Gasteiger partial charge in [-0.1, -0.05) is 18.2 Å². The number of benzene rings is 2. The largest absolute Gasteiger partial charge is 0.490 e. The Morgan fingerprint density at radius 1 is 1.25 bits per heavy atom. The third-order valence-electron chi connectivity index (χ3n) is 4.25. The fourth-order valence-corrected chi connectivity index (χ4v) is 3.14. The standard InChI is InChI=1S/C17H14N4O3/c1-24-16-9-13-12(8-15(16)21(22)23)17(19-10-18-13)20-7-6-11-4-2-3-5-14(11)20/h2-5,8-10H,6-7H2,1H3. The van der Waals surface area contributed by atoms with Crippen LogP contribution in [0.1, 0.15) is 5.56 Å². The molecule has 1 aromatic heterocycles. The van der Waals surface area contributed by atoms with Crippen LogP contribution in [0.5, 0.6) is 5.75 Å². The van der Waals surface area contributed by atoms with Crippen molar-refractivity contribution in [2.24, 2.45) is 0 Å². The lowest BCUT2D eigenvalue weighted by molar-refractivity contribution is -0.385. The molecule has 0 saturated heterocycles. The Bertz CT molecular complexity index is 958. The minimum Gasteiger partial charge on any atom is -0.490 e. The Morgan fingerprint density at radius 2 is 2.08 bits per heavy atom. The number of rotatable bonds is 3. The molecule has 24 heavy (non-hydrogen) atoms. The predicted molar refractivity (Wildman–Crippen MR) is 89.9 cm³/mol. The van der Waals surface area contributed by atoms with E-state index >= 15 is 0 Å². The van der Waals surface area contributed by atoms with Gasteiger partial charge in [0, 0.05) is 24.4 Å². The van der Waals surface area contributed by atoms with Crippen molar-refractivity contribution in [3.8, 4) is 5.75 Å². The Morgan fingerprint density at radius 3 is 2.88 bits per heavy atom. The molecule has 0 radical (unpaired) electrons. The van der Waals surface area contributed by atoms with Crippen molar-refractivity contribution in [2.75, 3.05) is 18.6 Å². The van der Waals surface area contributed by atoms with Gasteiger partial charge in [-0.05, 0) is 18.1 Å². The maximum Gasteiger partial charge on any atom is 0.311 e. The van der Waals surface area contributed by atoms with Crippen molar-refractivity contribution in [1.29, 1.82) is 0 Å². The van der Waals surface area contributed by atoms with E-state index < -0.39 is 4.92 Å². The highest BCUT2D eigenvalue weighted by molar-refractivity contribution is 5.95. The molecule has 0 atom stereocenters. The number of fused-ring (bicyclic) bond motifs is 2. The smallest absolute Gasteiger partial charge is 0.311 e. The molecule has 0 aliphatic carbocycles. The Labute approximate surface area is 137 Å². The van der Waals surface area contributed by atoms with Gasteiger partial charge >= 0.3 is 5.69 Å². The molecule has 7 nitrogen and oxygen atoms in total. The lowest BCUT2D eigenvalue weighted by Crippen LogP contribution is -2.15. The number of nitro groups is 1. The minimum atomic E-state index is -0.451. The SMILES string of the molecule is COc1cc2ncnc(N3CCc4ccccc43)c2cc1[N+](=O)[O-]. The van der Waals surface area contributed by atoms with Gasteiger partial charge in [0.05, 0.1) is 22.9 Å². The summed E-state index contributed by atoms with van der Waals surface area (Å²) in [5, 5.41) is 12.0. The van der Waals surface area contributed by atoms with E-state index in [2.05, 4.69) is 20.9 Å². The van der Waals surface area contributed by atoms with Gasteiger partial charge in [0.2, 0.25) is 0 Å². The zero-order chi connectivity index (χ0) is 16.7. The molecule has 4 rings (SSSR count). The van der Waals surface area contributed by atoms with Crippen molar-refractivity contribution < 1.29 is 9.66 Å². The van der Waals surface area contributed by atoms with E-state index in [9.17, 15) is 10.1 Å². The number of para-hydroxylation sites is 1. The number of aromatic nitrogens is 2. The first-order valence-corrected chi connectivity index (χ1v) is 7.51. The van der Waals surface area contributed by atoms with Crippen molar-refractivity contribution in [1.82, 2.24) is 9.97 Å². The quantitative estimate of drug-likeness (QED) is 0.544. The fraction of sp³-hybridized carbons (Fsp3) is 0.176. The highest BCUT2D eigenvalue weighted by atomic mass is 16.6. The van der Waals surface area contributed by atoms with Gasteiger partial charge in [0.1, 0.15) is 12.1 Å². The minimum absolute atomic E-state index is 0.0893. The molecule has 0 unspecified atom stereocenters. The molecule has 2 heterocycles. The van der Waals surface area contributed by atoms with Gasteiger partial charge in [-0.3, -0.25) is 10.1 Å². The lowest BCUT2D eigenvalue weighted by atomic mass is 10.1. The van der Waals surface area contributed by atoms with Gasteiger partial charge in [0.15, 0.2) is 5.75 Å². The third-order valence-corrected chi connectivity index (χ3v) is 4.25. The second kappa shape index (κ2) is 5.45. The van der Waals surface area contributed by atoms with Crippen LogP contribution in [0, 0.1) is 10.1 Å². The number of ether oxygens (including phenoxy) is 1. The molecule has 3 aromatic rings. The lowest BCUT2D eigenvalue weighted by Gasteiger charge is -2.19. The average molecular weight is 322 g/mol. The Hall–Kier alpha value is -3.22. The van der Waals surface area contributed by atoms with Crippen molar-refractivity contribution in [2.45, 2.75) is 6.42 Å². The monoisotopic (exact) mass is 322 g/mol. The summed E-state index contributed by atoms with van der Waals surface area (Å²) in [4.78, 5) is 21.6. The van der Waals surface area contributed by atoms with E-state index in [1.54, 1.807) is 6.07 Å². The van der Waals surface area contributed by atoms with Crippen LogP contribution in [-0.4, -0.2) is 28.5 Å². The first-order valence-electron chi connectivity index (χ1n) is 7.51. The summed E-state index contributed by atoms with van der Waals surface area (Å²) in [7, 11) is 1.41. The van der Waals surface area contributed by atoms with Gasteiger partial charge in [-0.2, -0.15) is 0 Å². The molecule has 0 N–H and O–H groups in total. The van der Waals surface area contributed by atoms with E-state index in [1.807, 2.05) is 18.2 Å². The maximum absolute atomic E-state index is 11.3. The van der Waals surface area contributed by atoms with E-state index in [0.29, 0.717) is 16.7 Å². The molecule has 0 bridgehead atoms. The van der Waals surface area contributed by atoms with Crippen LogP contribution in [-0.2, 0) is 6.42 Å². The summed E-state index contributed by atoms with van der Waals surface area (Å²) in [5.74, 6) is 0.870. The molecule has 120 valence electrons. The summed E-state index contributed by atoms with van der Waals surface area (Å²) < 4.78 is 5.12. The fourth-order valence-electron chi connectivity index (χ4n) is 3.14. The van der Waals surface area contributed by atoms with Crippen molar-refractivity contribution >= 4 is 28.1 Å². The normalized spacial score (nSPS) is 13.1. The summed E-state index contributed by atoms with van der Waals surface area (Å²) in [6.07, 6.45) is 2.39. The topological polar surface area (TPSA) is 81.4 Å². The molecule has 2 aromatic carbocycles. The Balaban J connectivity index is 1.94. The van der Waals surface area contributed by atoms with Crippen LogP contribution in [0.4, 0.5) is 17.2 Å². The molecule has 0 saturated carbocycles. The summed E-state index contributed by atoms with van der Waals surface area (Å²) in [6.45, 7) is 0.783. The van der Waals surface area contributed by atoms with Gasteiger partial charge in [-0.15, -0.1) is 0 Å². The van der Waals surface area contributed by atoms with E-state index in [4.69, 9.17) is 4.74 Å². The number of nitrogens with zero attached hydrogens (tertiary/aromatic N) is 4. The molecule has 0 fully saturated rings. The zero-order valence-corrected chi connectivity index (χ0v) is 13.0. The van der Waals surface area contributed by atoms with Crippen molar-refractivity contribution in [3.63, 3.8) is 0 Å². The van der Waals surface area contributed by atoms with Crippen LogP contribution in [0.15, 0.2) is 42.7 Å². The number of nitro benzene ring substituents is 1. The van der Waals surface area contributed by atoms with Crippen LogP contribution < -0.4 is 9.64 Å². The zero-order valence-electron chi connectivity index (χ0n) is 13.0. The van der Waals surface area contributed by atoms with Gasteiger partial charge in [-0.25, -0.2) is 9.97 Å². The first-order chi connectivity index (χ1) is 11.7. The average Bonchev–Trinajstić information content (AvgIpc) is 3.03. The summed E-state index contributed by atoms with van der Waals surface area (Å²) in [5.41, 5.74) is 2.85. The van der Waals surface area contributed by atoms with E-state index in [-0.39, 0.29) is 11.4 Å².